The second-order valence-electron chi connectivity index (χ2n) is 6.41. The molecule has 7 heteroatoms. The van der Waals surface area contributed by atoms with Gasteiger partial charge in [0.2, 0.25) is 0 Å². The highest BCUT2D eigenvalue weighted by Crippen LogP contribution is 2.37. The second-order valence-corrected chi connectivity index (χ2v) is 7.62. The summed E-state index contributed by atoms with van der Waals surface area (Å²) in [4.78, 5) is 31.2. The van der Waals surface area contributed by atoms with E-state index in [2.05, 4.69) is 9.97 Å². The number of carbonyl (C=O) groups is 1. The molecule has 0 bridgehead atoms. The Hall–Kier alpha value is -3.06. The minimum absolute atomic E-state index is 0.0113. The second kappa shape index (κ2) is 6.92. The van der Waals surface area contributed by atoms with Gasteiger partial charge < -0.3 is 4.90 Å². The Morgan fingerprint density at radius 3 is 2.59 bits per heavy atom. The quantitative estimate of drug-likeness (QED) is 0.695. The van der Waals surface area contributed by atoms with Gasteiger partial charge in [-0.25, -0.2) is 4.98 Å². The summed E-state index contributed by atoms with van der Waals surface area (Å²) in [5.74, 6) is 0.649. The normalized spacial score (nSPS) is 17.2. The number of thiazole rings is 1. The van der Waals surface area contributed by atoms with Crippen molar-refractivity contribution in [2.45, 2.75) is 19.9 Å². The van der Waals surface area contributed by atoms with Crippen LogP contribution in [0.5, 0.6) is 0 Å². The lowest BCUT2D eigenvalue weighted by molar-refractivity contribution is -0.123. The summed E-state index contributed by atoms with van der Waals surface area (Å²) in [6.45, 7) is 3.90. The number of nitrogens with zero attached hydrogens (tertiary/aromatic N) is 5. The molecule has 0 spiro atoms. The zero-order valence-corrected chi connectivity index (χ0v) is 16.1. The number of anilines is 1. The van der Waals surface area contributed by atoms with Gasteiger partial charge in [0.15, 0.2) is 5.82 Å². The number of aryl methyl sites for hydroxylation is 1. The topological polar surface area (TPSA) is 62.2 Å². The maximum absolute atomic E-state index is 13.4. The van der Waals surface area contributed by atoms with Crippen LogP contribution in [0.1, 0.15) is 23.4 Å². The van der Waals surface area contributed by atoms with Gasteiger partial charge in [0.1, 0.15) is 16.7 Å². The van der Waals surface area contributed by atoms with Crippen molar-refractivity contribution in [2.75, 3.05) is 11.9 Å². The first kappa shape index (κ1) is 17.4. The van der Waals surface area contributed by atoms with Crippen LogP contribution in [0, 0.1) is 6.92 Å². The molecule has 136 valence electrons. The highest BCUT2D eigenvalue weighted by Gasteiger charge is 2.36. The third-order valence-corrected chi connectivity index (χ3v) is 5.47. The van der Waals surface area contributed by atoms with Gasteiger partial charge in [0.25, 0.3) is 5.91 Å². The van der Waals surface area contributed by atoms with Crippen LogP contribution < -0.4 is 4.90 Å². The van der Waals surface area contributed by atoms with E-state index < -0.39 is 0 Å². The van der Waals surface area contributed by atoms with Crippen molar-refractivity contribution in [3.63, 3.8) is 0 Å². The van der Waals surface area contributed by atoms with E-state index in [4.69, 9.17) is 4.98 Å². The molecule has 1 unspecified atom stereocenters. The van der Waals surface area contributed by atoms with E-state index in [0.717, 1.165) is 21.1 Å². The fourth-order valence-corrected chi connectivity index (χ4v) is 4.16. The van der Waals surface area contributed by atoms with Gasteiger partial charge in [-0.2, -0.15) is 0 Å². The van der Waals surface area contributed by atoms with Crippen LogP contribution in [0.15, 0.2) is 60.8 Å². The molecule has 1 aromatic carbocycles. The molecule has 3 heterocycles. The first-order valence-electron chi connectivity index (χ1n) is 8.59. The van der Waals surface area contributed by atoms with Crippen molar-refractivity contribution in [3.05, 3.63) is 71.3 Å². The smallest absolute Gasteiger partial charge is 0.259 e. The lowest BCUT2D eigenvalue weighted by Crippen LogP contribution is -2.44. The van der Waals surface area contributed by atoms with Crippen LogP contribution in [0.2, 0.25) is 0 Å². The number of amides is 1. The molecule has 0 radical (unpaired) electrons. The van der Waals surface area contributed by atoms with Crippen molar-refractivity contribution < 1.29 is 4.79 Å². The predicted octanol–water partition coefficient (Wildman–Crippen LogP) is 3.79. The average molecular weight is 377 g/mol. The maximum atomic E-state index is 13.4. The molecule has 27 heavy (non-hydrogen) atoms. The average Bonchev–Trinajstić information content (AvgIpc) is 3.04. The van der Waals surface area contributed by atoms with Crippen molar-refractivity contribution in [3.8, 4) is 10.7 Å². The lowest BCUT2D eigenvalue weighted by Gasteiger charge is -2.37. The van der Waals surface area contributed by atoms with E-state index in [1.807, 2.05) is 62.3 Å². The monoisotopic (exact) mass is 377 g/mol. The highest BCUT2D eigenvalue weighted by molar-refractivity contribution is 7.15. The van der Waals surface area contributed by atoms with Crippen LogP contribution >= 0.6 is 11.3 Å². The zero-order chi connectivity index (χ0) is 19.0. The molecule has 0 saturated carbocycles. The summed E-state index contributed by atoms with van der Waals surface area (Å²) in [6, 6.07) is 9.43. The summed E-state index contributed by atoms with van der Waals surface area (Å²) in [5.41, 5.74) is 2.51. The number of aromatic nitrogens is 3. The predicted molar refractivity (Wildman–Crippen MR) is 106 cm³/mol. The van der Waals surface area contributed by atoms with Crippen molar-refractivity contribution >= 4 is 23.1 Å². The fraction of sp³-hybridized carbons (Fsp3) is 0.200. The summed E-state index contributed by atoms with van der Waals surface area (Å²) < 4.78 is 0. The number of carbonyl (C=O) groups excluding carboxylic acids is 1. The number of allylic oxidation sites excluding steroid dienone is 1. The molecule has 4 rings (SSSR count). The van der Waals surface area contributed by atoms with E-state index >= 15 is 0 Å². The molecule has 0 saturated heterocycles. The Bertz CT molecular complexity index is 1000. The molecule has 1 aliphatic heterocycles. The first-order valence-corrected chi connectivity index (χ1v) is 9.41. The SMILES string of the molecule is CC1=CN(C)C(c2ccccc2)C(=O)N1c1nc(-c2cnccn2)sc1C. The van der Waals surface area contributed by atoms with Crippen LogP contribution in [0.25, 0.3) is 10.7 Å². The Kier molecular flexibility index (Phi) is 4.45. The first-order chi connectivity index (χ1) is 13.1. The van der Waals surface area contributed by atoms with Gasteiger partial charge in [-0.05, 0) is 19.4 Å². The molecule has 0 fully saturated rings. The van der Waals surface area contributed by atoms with E-state index in [9.17, 15) is 4.79 Å². The molecule has 0 aliphatic carbocycles. The van der Waals surface area contributed by atoms with Gasteiger partial charge in [-0.15, -0.1) is 11.3 Å². The summed E-state index contributed by atoms with van der Waals surface area (Å²) in [5, 5.41) is 0.756. The fourth-order valence-electron chi connectivity index (χ4n) is 3.30. The lowest BCUT2D eigenvalue weighted by atomic mass is 10.0. The third kappa shape index (κ3) is 3.10. The molecule has 3 aromatic rings. The van der Waals surface area contributed by atoms with Crippen molar-refractivity contribution in [2.24, 2.45) is 0 Å². The van der Waals surface area contributed by atoms with Gasteiger partial charge in [0, 0.05) is 36.2 Å². The van der Waals surface area contributed by atoms with Crippen LogP contribution in [0.4, 0.5) is 5.82 Å². The summed E-state index contributed by atoms with van der Waals surface area (Å²) >= 11 is 1.51. The maximum Gasteiger partial charge on any atom is 0.259 e. The Morgan fingerprint density at radius 1 is 1.11 bits per heavy atom. The highest BCUT2D eigenvalue weighted by atomic mass is 32.1. The largest absolute Gasteiger partial charge is 0.364 e. The minimum atomic E-state index is -0.379. The Labute approximate surface area is 161 Å². The minimum Gasteiger partial charge on any atom is -0.364 e. The standard InChI is InChI=1S/C20H19N5OS/c1-13-12-24(3)17(15-7-5-4-6-8-15)20(26)25(13)18-14(2)27-19(23-18)16-11-21-9-10-22-16/h4-12,17H,1-3H3. The molecule has 1 atom stereocenters. The Morgan fingerprint density at radius 2 is 1.89 bits per heavy atom. The molecule has 6 nitrogen and oxygen atoms in total. The number of likely N-dealkylation sites (N-methyl/N-ethyl adjacent to an activating group) is 1. The van der Waals surface area contributed by atoms with Gasteiger partial charge >= 0.3 is 0 Å². The van der Waals surface area contributed by atoms with Crippen LogP contribution in [-0.4, -0.2) is 32.8 Å². The Balaban J connectivity index is 1.76. The molecule has 1 amide bonds. The van der Waals surface area contributed by atoms with E-state index in [0.29, 0.717) is 11.5 Å². The van der Waals surface area contributed by atoms with Gasteiger partial charge in [-0.3, -0.25) is 19.7 Å². The van der Waals surface area contributed by atoms with Crippen molar-refractivity contribution in [1.82, 2.24) is 19.9 Å². The van der Waals surface area contributed by atoms with Crippen LogP contribution in [0.3, 0.4) is 0 Å². The van der Waals surface area contributed by atoms with Gasteiger partial charge in [0.05, 0.1) is 6.20 Å². The zero-order valence-electron chi connectivity index (χ0n) is 15.3. The summed E-state index contributed by atoms with van der Waals surface area (Å²) in [6.07, 6.45) is 6.94. The molecule has 2 aromatic heterocycles. The number of benzene rings is 1. The number of hydrogen-bond acceptors (Lipinski definition) is 6. The van der Waals surface area contributed by atoms with E-state index in [1.165, 1.54) is 11.3 Å². The molecule has 0 N–H and O–H groups in total. The third-order valence-electron chi connectivity index (χ3n) is 4.49. The van der Waals surface area contributed by atoms with E-state index in [-0.39, 0.29) is 11.9 Å². The van der Waals surface area contributed by atoms with E-state index in [1.54, 1.807) is 23.5 Å². The molecule has 1 aliphatic rings. The van der Waals surface area contributed by atoms with Crippen molar-refractivity contribution in [1.29, 1.82) is 0 Å². The number of rotatable bonds is 3. The van der Waals surface area contributed by atoms with Gasteiger partial charge in [-0.1, -0.05) is 30.3 Å². The van der Waals surface area contributed by atoms with Crippen LogP contribution in [-0.2, 0) is 4.79 Å². The number of hydrogen-bond donors (Lipinski definition) is 0. The summed E-state index contributed by atoms with van der Waals surface area (Å²) in [7, 11) is 1.93. The molecular weight excluding hydrogens is 358 g/mol. The molecular formula is C20H19N5OS.